The second-order valence-corrected chi connectivity index (χ2v) is 7.04. The fourth-order valence-electron chi connectivity index (χ4n) is 2.47. The number of nitrogens with one attached hydrogen (secondary N) is 2. The Morgan fingerprint density at radius 2 is 2.00 bits per heavy atom. The molecule has 0 unspecified atom stereocenters. The van der Waals surface area contributed by atoms with Crippen LogP contribution in [0.5, 0.6) is 0 Å². The summed E-state index contributed by atoms with van der Waals surface area (Å²) in [6.45, 7) is 0. The summed E-state index contributed by atoms with van der Waals surface area (Å²) in [6.07, 6.45) is 2.07. The van der Waals surface area contributed by atoms with Crippen molar-refractivity contribution in [2.75, 3.05) is 11.1 Å². The van der Waals surface area contributed by atoms with Gasteiger partial charge in [-0.25, -0.2) is 4.98 Å². The molecule has 1 fully saturated rings. The second kappa shape index (κ2) is 7.21. The summed E-state index contributed by atoms with van der Waals surface area (Å²) >= 11 is 1.23. The number of benzene rings is 2. The maximum absolute atomic E-state index is 12.2. The first-order valence-electron chi connectivity index (χ1n) is 8.36. The second-order valence-electron chi connectivity index (χ2n) is 6.11. The minimum atomic E-state index is -0.183. The molecule has 6 nitrogen and oxygen atoms in total. The number of amides is 2. The van der Waals surface area contributed by atoms with Crippen molar-refractivity contribution in [1.29, 1.82) is 0 Å². The zero-order valence-corrected chi connectivity index (χ0v) is 14.7. The van der Waals surface area contributed by atoms with Crippen molar-refractivity contribution in [2.45, 2.75) is 24.1 Å². The highest BCUT2D eigenvalue weighted by Gasteiger charge is 2.23. The van der Waals surface area contributed by atoms with Gasteiger partial charge < -0.3 is 15.1 Å². The Morgan fingerprint density at radius 3 is 2.81 bits per heavy atom. The molecule has 2 aromatic carbocycles. The first kappa shape index (κ1) is 16.7. The molecule has 3 aromatic rings. The van der Waals surface area contributed by atoms with Crippen LogP contribution < -0.4 is 10.6 Å². The van der Waals surface area contributed by atoms with Gasteiger partial charge in [-0.3, -0.25) is 9.59 Å². The Balaban J connectivity index is 1.34. The fraction of sp³-hybridized carbons (Fsp3) is 0.211. The number of fused-ring (bicyclic) bond motifs is 1. The van der Waals surface area contributed by atoms with Crippen LogP contribution in [0, 0.1) is 0 Å². The molecule has 7 heteroatoms. The van der Waals surface area contributed by atoms with Gasteiger partial charge in [0.2, 0.25) is 5.91 Å². The van der Waals surface area contributed by atoms with E-state index >= 15 is 0 Å². The molecule has 0 saturated heterocycles. The summed E-state index contributed by atoms with van der Waals surface area (Å²) in [7, 11) is 0. The molecule has 0 bridgehead atoms. The highest BCUT2D eigenvalue weighted by Crippen LogP contribution is 2.23. The van der Waals surface area contributed by atoms with E-state index in [2.05, 4.69) is 15.6 Å². The molecule has 0 aliphatic heterocycles. The molecule has 2 N–H and O–H groups in total. The van der Waals surface area contributed by atoms with Crippen molar-refractivity contribution in [1.82, 2.24) is 10.3 Å². The van der Waals surface area contributed by atoms with E-state index in [0.29, 0.717) is 28.1 Å². The predicted molar refractivity (Wildman–Crippen MR) is 100 cm³/mol. The normalized spacial score (nSPS) is 13.5. The standard InChI is InChI=1S/C19H17N3O3S/c23-17(11-26-19-22-15-6-1-2-7-16(15)25-19)20-14-5-3-4-12(10-14)18(24)21-13-8-9-13/h1-7,10,13H,8-9,11H2,(H,20,23)(H,21,24). The van der Waals surface area contributed by atoms with Gasteiger partial charge in [-0.05, 0) is 43.2 Å². The number of nitrogens with zero attached hydrogens (tertiary/aromatic N) is 1. The Hall–Kier alpha value is -2.80. The molecule has 26 heavy (non-hydrogen) atoms. The van der Waals surface area contributed by atoms with E-state index in [1.54, 1.807) is 24.3 Å². The van der Waals surface area contributed by atoms with E-state index in [1.807, 2.05) is 24.3 Å². The first-order chi connectivity index (χ1) is 12.7. The average Bonchev–Trinajstić information content (AvgIpc) is 3.35. The first-order valence-corrected chi connectivity index (χ1v) is 9.35. The number of aromatic nitrogens is 1. The Kier molecular flexibility index (Phi) is 4.62. The molecule has 1 saturated carbocycles. The maximum atomic E-state index is 12.2. The number of hydrogen-bond acceptors (Lipinski definition) is 5. The molecule has 0 spiro atoms. The predicted octanol–water partition coefficient (Wildman–Crippen LogP) is 3.45. The average molecular weight is 367 g/mol. The van der Waals surface area contributed by atoms with Gasteiger partial charge in [0.15, 0.2) is 5.58 Å². The maximum Gasteiger partial charge on any atom is 0.257 e. The van der Waals surface area contributed by atoms with E-state index in [0.717, 1.165) is 18.4 Å². The number of hydrogen-bond donors (Lipinski definition) is 2. The van der Waals surface area contributed by atoms with Gasteiger partial charge in [-0.15, -0.1) is 0 Å². The van der Waals surface area contributed by atoms with E-state index in [1.165, 1.54) is 11.8 Å². The van der Waals surface area contributed by atoms with Crippen molar-refractivity contribution < 1.29 is 14.0 Å². The van der Waals surface area contributed by atoms with Gasteiger partial charge in [-0.1, -0.05) is 30.0 Å². The lowest BCUT2D eigenvalue weighted by Gasteiger charge is -2.07. The highest BCUT2D eigenvalue weighted by molar-refractivity contribution is 7.99. The van der Waals surface area contributed by atoms with Crippen molar-refractivity contribution in [3.8, 4) is 0 Å². The lowest BCUT2D eigenvalue weighted by atomic mass is 10.2. The number of carbonyl (C=O) groups excluding carboxylic acids is 2. The van der Waals surface area contributed by atoms with Crippen LogP contribution in [-0.4, -0.2) is 28.6 Å². The van der Waals surface area contributed by atoms with E-state index < -0.39 is 0 Å². The SMILES string of the molecule is O=C(CSc1nc2ccccc2o1)Nc1cccc(C(=O)NC2CC2)c1. The molecule has 1 aromatic heterocycles. The zero-order chi connectivity index (χ0) is 17.9. The third-order valence-electron chi connectivity index (χ3n) is 3.92. The highest BCUT2D eigenvalue weighted by atomic mass is 32.2. The number of rotatable bonds is 6. The number of thioether (sulfide) groups is 1. The Morgan fingerprint density at radius 1 is 1.15 bits per heavy atom. The largest absolute Gasteiger partial charge is 0.431 e. The molecule has 0 radical (unpaired) electrons. The summed E-state index contributed by atoms with van der Waals surface area (Å²) in [5, 5.41) is 6.19. The topological polar surface area (TPSA) is 84.2 Å². The quantitative estimate of drug-likeness (QED) is 0.652. The summed E-state index contributed by atoms with van der Waals surface area (Å²) in [6, 6.07) is 14.7. The molecule has 4 rings (SSSR count). The third kappa shape index (κ3) is 4.05. The minimum Gasteiger partial charge on any atom is -0.431 e. The smallest absolute Gasteiger partial charge is 0.257 e. The van der Waals surface area contributed by atoms with Gasteiger partial charge in [0.05, 0.1) is 5.75 Å². The van der Waals surface area contributed by atoms with Crippen LogP contribution in [0.25, 0.3) is 11.1 Å². The summed E-state index contributed by atoms with van der Waals surface area (Å²) < 4.78 is 5.58. The van der Waals surface area contributed by atoms with Gasteiger partial charge in [0.1, 0.15) is 5.52 Å². The van der Waals surface area contributed by atoms with Crippen LogP contribution in [0.15, 0.2) is 58.2 Å². The monoisotopic (exact) mass is 367 g/mol. The summed E-state index contributed by atoms with van der Waals surface area (Å²) in [5.74, 6) is -0.118. The molecule has 0 atom stereocenters. The van der Waals surface area contributed by atoms with E-state index in [-0.39, 0.29) is 17.6 Å². The van der Waals surface area contributed by atoms with E-state index in [4.69, 9.17) is 4.42 Å². The van der Waals surface area contributed by atoms with Crippen molar-refractivity contribution >= 4 is 40.4 Å². The van der Waals surface area contributed by atoms with E-state index in [9.17, 15) is 9.59 Å². The van der Waals surface area contributed by atoms with Crippen LogP contribution in [0.1, 0.15) is 23.2 Å². The van der Waals surface area contributed by atoms with Crippen molar-refractivity contribution in [3.63, 3.8) is 0 Å². The van der Waals surface area contributed by atoms with Gasteiger partial charge in [-0.2, -0.15) is 0 Å². The van der Waals surface area contributed by atoms with Crippen molar-refractivity contribution in [3.05, 3.63) is 54.1 Å². The van der Waals surface area contributed by atoms with Crippen LogP contribution in [0.2, 0.25) is 0 Å². The Labute approximate surface area is 154 Å². The number of carbonyl (C=O) groups is 2. The fourth-order valence-corrected chi connectivity index (χ4v) is 3.11. The molecule has 2 amide bonds. The lowest BCUT2D eigenvalue weighted by molar-refractivity contribution is -0.113. The molecule has 1 aliphatic rings. The van der Waals surface area contributed by atoms with Crippen LogP contribution >= 0.6 is 11.8 Å². The number of anilines is 1. The van der Waals surface area contributed by atoms with Gasteiger partial charge in [0.25, 0.3) is 11.1 Å². The summed E-state index contributed by atoms with van der Waals surface area (Å²) in [5.41, 5.74) is 2.60. The third-order valence-corrected chi connectivity index (χ3v) is 4.75. The van der Waals surface area contributed by atoms with Crippen LogP contribution in [-0.2, 0) is 4.79 Å². The molecular weight excluding hydrogens is 350 g/mol. The van der Waals surface area contributed by atoms with Gasteiger partial charge in [0, 0.05) is 17.3 Å². The number of oxazole rings is 1. The molecule has 1 aliphatic carbocycles. The lowest BCUT2D eigenvalue weighted by Crippen LogP contribution is -2.25. The summed E-state index contributed by atoms with van der Waals surface area (Å²) in [4.78, 5) is 28.6. The molecular formula is C19H17N3O3S. The molecule has 1 heterocycles. The molecule has 132 valence electrons. The zero-order valence-electron chi connectivity index (χ0n) is 13.9. The van der Waals surface area contributed by atoms with Crippen molar-refractivity contribution in [2.24, 2.45) is 0 Å². The minimum absolute atomic E-state index is 0.107. The van der Waals surface area contributed by atoms with Crippen LogP contribution in [0.3, 0.4) is 0 Å². The van der Waals surface area contributed by atoms with Gasteiger partial charge >= 0.3 is 0 Å². The number of para-hydroxylation sites is 2. The Bertz CT molecular complexity index is 932. The van der Waals surface area contributed by atoms with Crippen LogP contribution in [0.4, 0.5) is 5.69 Å².